The highest BCUT2D eigenvalue weighted by atomic mass is 16.5. The molecule has 0 aliphatic carbocycles. The number of hydrogen-bond donors (Lipinski definition) is 1. The van der Waals surface area contributed by atoms with Crippen molar-refractivity contribution >= 4 is 0 Å². The highest BCUT2D eigenvalue weighted by molar-refractivity contribution is 5.42. The topological polar surface area (TPSA) is 44.5 Å². The summed E-state index contributed by atoms with van der Waals surface area (Å²) in [6.07, 6.45) is 2.18. The number of unbranched alkanes of at least 4 members (excludes halogenated alkanes) is 1. The Kier molecular flexibility index (Phi) is 4.98. The van der Waals surface area contributed by atoms with Gasteiger partial charge in [0.05, 0.1) is 13.7 Å². The average Bonchev–Trinajstić information content (AvgIpc) is 2.29. The smallest absolute Gasteiger partial charge is 0.161 e. The van der Waals surface area contributed by atoms with Crippen LogP contribution in [0.1, 0.15) is 25.3 Å². The zero-order chi connectivity index (χ0) is 11.1. The van der Waals surface area contributed by atoms with Gasteiger partial charge in [-0.3, -0.25) is 0 Å². The first-order chi connectivity index (χ1) is 7.31. The van der Waals surface area contributed by atoms with Crippen molar-refractivity contribution in [2.24, 2.45) is 5.73 Å². The monoisotopic (exact) mass is 209 g/mol. The van der Waals surface area contributed by atoms with Gasteiger partial charge in [-0.2, -0.15) is 0 Å². The molecule has 0 amide bonds. The lowest BCUT2D eigenvalue weighted by Gasteiger charge is -2.11. The summed E-state index contributed by atoms with van der Waals surface area (Å²) in [5, 5.41) is 0. The van der Waals surface area contributed by atoms with Crippen LogP contribution in [0.2, 0.25) is 0 Å². The number of benzene rings is 1. The van der Waals surface area contributed by atoms with Gasteiger partial charge < -0.3 is 15.2 Å². The Morgan fingerprint density at radius 3 is 2.67 bits per heavy atom. The molecule has 0 heterocycles. The number of rotatable bonds is 6. The first-order valence-corrected chi connectivity index (χ1v) is 5.31. The second-order valence-electron chi connectivity index (χ2n) is 3.39. The maximum Gasteiger partial charge on any atom is 0.161 e. The molecule has 0 saturated carbocycles. The summed E-state index contributed by atoms with van der Waals surface area (Å²) in [5.41, 5.74) is 6.63. The van der Waals surface area contributed by atoms with E-state index in [1.165, 1.54) is 0 Å². The van der Waals surface area contributed by atoms with Gasteiger partial charge in [0.1, 0.15) is 0 Å². The predicted molar refractivity (Wildman–Crippen MR) is 61.3 cm³/mol. The number of nitrogens with two attached hydrogens (primary N) is 1. The molecule has 0 aliphatic rings. The van der Waals surface area contributed by atoms with E-state index in [4.69, 9.17) is 15.2 Å². The number of methoxy groups -OCH3 is 1. The first kappa shape index (κ1) is 11.9. The van der Waals surface area contributed by atoms with E-state index >= 15 is 0 Å². The predicted octanol–water partition coefficient (Wildman–Crippen LogP) is 2.33. The molecule has 0 aromatic heterocycles. The standard InChI is InChI=1S/C12H19NO2/c1-3-4-7-15-12-8-10(9-13)5-6-11(12)14-2/h5-6,8H,3-4,7,9,13H2,1-2H3. The Morgan fingerprint density at radius 1 is 1.27 bits per heavy atom. The zero-order valence-corrected chi connectivity index (χ0v) is 9.45. The molecule has 84 valence electrons. The molecule has 0 unspecified atom stereocenters. The molecule has 0 aliphatic heterocycles. The van der Waals surface area contributed by atoms with E-state index in [-0.39, 0.29) is 0 Å². The largest absolute Gasteiger partial charge is 0.493 e. The van der Waals surface area contributed by atoms with Crippen molar-refractivity contribution in [3.63, 3.8) is 0 Å². The summed E-state index contributed by atoms with van der Waals surface area (Å²) in [5.74, 6) is 1.55. The summed E-state index contributed by atoms with van der Waals surface area (Å²) in [6, 6.07) is 5.78. The molecular weight excluding hydrogens is 190 g/mol. The van der Waals surface area contributed by atoms with Crippen molar-refractivity contribution < 1.29 is 9.47 Å². The maximum atomic E-state index is 5.63. The molecule has 1 rings (SSSR count). The zero-order valence-electron chi connectivity index (χ0n) is 9.45. The molecule has 0 bridgehead atoms. The number of ether oxygens (including phenoxy) is 2. The summed E-state index contributed by atoms with van der Waals surface area (Å²) < 4.78 is 10.8. The van der Waals surface area contributed by atoms with Gasteiger partial charge in [-0.15, -0.1) is 0 Å². The van der Waals surface area contributed by atoms with Crippen LogP contribution in [0.15, 0.2) is 18.2 Å². The van der Waals surface area contributed by atoms with Gasteiger partial charge in [0, 0.05) is 6.54 Å². The van der Waals surface area contributed by atoms with Crippen LogP contribution in [0.4, 0.5) is 0 Å². The van der Waals surface area contributed by atoms with Gasteiger partial charge in [-0.05, 0) is 24.1 Å². The van der Waals surface area contributed by atoms with Gasteiger partial charge in [0.25, 0.3) is 0 Å². The lowest BCUT2D eigenvalue weighted by molar-refractivity contribution is 0.288. The Balaban J connectivity index is 2.72. The van der Waals surface area contributed by atoms with E-state index < -0.39 is 0 Å². The van der Waals surface area contributed by atoms with E-state index in [2.05, 4.69) is 6.92 Å². The van der Waals surface area contributed by atoms with Crippen LogP contribution < -0.4 is 15.2 Å². The van der Waals surface area contributed by atoms with Crippen molar-refractivity contribution in [3.8, 4) is 11.5 Å². The van der Waals surface area contributed by atoms with Gasteiger partial charge in [0.15, 0.2) is 11.5 Å². The minimum atomic E-state index is 0.522. The summed E-state index contributed by atoms with van der Waals surface area (Å²) >= 11 is 0. The molecule has 1 aromatic carbocycles. The fourth-order valence-corrected chi connectivity index (χ4v) is 1.29. The van der Waals surface area contributed by atoms with Crippen LogP contribution in [-0.2, 0) is 6.54 Å². The maximum absolute atomic E-state index is 5.63. The van der Waals surface area contributed by atoms with Crippen molar-refractivity contribution in [2.75, 3.05) is 13.7 Å². The van der Waals surface area contributed by atoms with Crippen LogP contribution in [0.25, 0.3) is 0 Å². The van der Waals surface area contributed by atoms with Crippen LogP contribution in [-0.4, -0.2) is 13.7 Å². The Labute approximate surface area is 91.2 Å². The van der Waals surface area contributed by atoms with E-state index in [1.54, 1.807) is 7.11 Å². The first-order valence-electron chi connectivity index (χ1n) is 5.31. The van der Waals surface area contributed by atoms with Crippen LogP contribution in [0.5, 0.6) is 11.5 Å². The van der Waals surface area contributed by atoms with Gasteiger partial charge in [-0.25, -0.2) is 0 Å². The summed E-state index contributed by atoms with van der Waals surface area (Å²) in [4.78, 5) is 0. The summed E-state index contributed by atoms with van der Waals surface area (Å²) in [6.45, 7) is 3.38. The van der Waals surface area contributed by atoms with Crippen molar-refractivity contribution in [1.29, 1.82) is 0 Å². The second-order valence-corrected chi connectivity index (χ2v) is 3.39. The minimum absolute atomic E-state index is 0.522. The van der Waals surface area contributed by atoms with E-state index in [0.29, 0.717) is 6.54 Å². The van der Waals surface area contributed by atoms with Crippen molar-refractivity contribution in [1.82, 2.24) is 0 Å². The minimum Gasteiger partial charge on any atom is -0.493 e. The molecule has 1 aromatic rings. The highest BCUT2D eigenvalue weighted by Crippen LogP contribution is 2.28. The average molecular weight is 209 g/mol. The highest BCUT2D eigenvalue weighted by Gasteiger charge is 2.04. The SMILES string of the molecule is CCCCOc1cc(CN)ccc1OC. The van der Waals surface area contributed by atoms with Crippen LogP contribution in [0, 0.1) is 0 Å². The molecule has 3 nitrogen and oxygen atoms in total. The van der Waals surface area contributed by atoms with Crippen molar-refractivity contribution in [3.05, 3.63) is 23.8 Å². The van der Waals surface area contributed by atoms with E-state index in [9.17, 15) is 0 Å². The Hall–Kier alpha value is -1.22. The molecule has 0 atom stereocenters. The third-order valence-electron chi connectivity index (χ3n) is 2.22. The quantitative estimate of drug-likeness (QED) is 0.731. The van der Waals surface area contributed by atoms with Gasteiger partial charge in [-0.1, -0.05) is 19.4 Å². The van der Waals surface area contributed by atoms with E-state index in [1.807, 2.05) is 18.2 Å². The van der Waals surface area contributed by atoms with Gasteiger partial charge in [0.2, 0.25) is 0 Å². The normalized spacial score (nSPS) is 10.1. The lowest BCUT2D eigenvalue weighted by atomic mass is 10.2. The Morgan fingerprint density at radius 2 is 2.07 bits per heavy atom. The molecule has 0 fully saturated rings. The third-order valence-corrected chi connectivity index (χ3v) is 2.22. The van der Waals surface area contributed by atoms with Crippen molar-refractivity contribution in [2.45, 2.75) is 26.3 Å². The number of hydrogen-bond acceptors (Lipinski definition) is 3. The lowest BCUT2D eigenvalue weighted by Crippen LogP contribution is -2.01. The fraction of sp³-hybridized carbons (Fsp3) is 0.500. The molecule has 0 spiro atoms. The van der Waals surface area contributed by atoms with Crippen LogP contribution >= 0.6 is 0 Å². The molecule has 0 radical (unpaired) electrons. The molecule has 15 heavy (non-hydrogen) atoms. The van der Waals surface area contributed by atoms with Gasteiger partial charge >= 0.3 is 0 Å². The molecule has 2 N–H and O–H groups in total. The Bertz CT molecular complexity index is 300. The van der Waals surface area contributed by atoms with E-state index in [0.717, 1.165) is 36.5 Å². The second kappa shape index (κ2) is 6.30. The molecular formula is C12H19NO2. The molecule has 3 heteroatoms. The van der Waals surface area contributed by atoms with Crippen LogP contribution in [0.3, 0.4) is 0 Å². The fourth-order valence-electron chi connectivity index (χ4n) is 1.29. The summed E-state index contributed by atoms with van der Waals surface area (Å²) in [7, 11) is 1.64. The molecule has 0 saturated heterocycles. The third kappa shape index (κ3) is 3.44.